The summed E-state index contributed by atoms with van der Waals surface area (Å²) in [5.74, 6) is 0.0162. The molecule has 2 rings (SSSR count). The minimum atomic E-state index is -0.397. The maximum atomic E-state index is 11.9. The van der Waals surface area contributed by atoms with Crippen LogP contribution in [0.15, 0.2) is 29.0 Å². The normalized spacial score (nSPS) is 9.95. The Labute approximate surface area is 131 Å². The molecule has 108 valence electrons. The Kier molecular flexibility index (Phi) is 5.20. The molecule has 0 unspecified atom stereocenters. The van der Waals surface area contributed by atoms with Crippen molar-refractivity contribution in [1.29, 1.82) is 5.26 Å². The van der Waals surface area contributed by atoms with Crippen LogP contribution in [0, 0.1) is 11.3 Å². The summed E-state index contributed by atoms with van der Waals surface area (Å²) in [4.78, 5) is 11.9. The van der Waals surface area contributed by atoms with Gasteiger partial charge in [0.15, 0.2) is 11.5 Å². The standard InChI is InChI=1S/C15H12ClNO3S/c1-19-13-7-11(8-17)6-12(16)15(13)20-14(18)3-2-10-4-5-21-9-10/h4-7,9H,2-3H2,1H3. The Bertz CT molecular complexity index is 677. The van der Waals surface area contributed by atoms with Gasteiger partial charge in [0, 0.05) is 6.07 Å². The van der Waals surface area contributed by atoms with Crippen LogP contribution < -0.4 is 9.47 Å². The van der Waals surface area contributed by atoms with Gasteiger partial charge in [0.25, 0.3) is 0 Å². The molecule has 0 amide bonds. The summed E-state index contributed by atoms with van der Waals surface area (Å²) in [7, 11) is 1.43. The molecule has 0 fully saturated rings. The number of aryl methyl sites for hydroxylation is 1. The number of hydrogen-bond acceptors (Lipinski definition) is 5. The van der Waals surface area contributed by atoms with Crippen molar-refractivity contribution in [2.24, 2.45) is 0 Å². The fourth-order valence-electron chi connectivity index (χ4n) is 1.73. The number of nitrogens with zero attached hydrogens (tertiary/aromatic N) is 1. The van der Waals surface area contributed by atoms with Gasteiger partial charge in [0.1, 0.15) is 0 Å². The van der Waals surface area contributed by atoms with Crippen LogP contribution >= 0.6 is 22.9 Å². The first-order valence-electron chi connectivity index (χ1n) is 6.13. The Hall–Kier alpha value is -2.03. The second-order valence-corrected chi connectivity index (χ2v) is 5.39. The van der Waals surface area contributed by atoms with Crippen LogP contribution in [0.3, 0.4) is 0 Å². The zero-order chi connectivity index (χ0) is 15.2. The average Bonchev–Trinajstić information content (AvgIpc) is 3.00. The van der Waals surface area contributed by atoms with Crippen molar-refractivity contribution in [2.75, 3.05) is 7.11 Å². The highest BCUT2D eigenvalue weighted by Gasteiger charge is 2.16. The van der Waals surface area contributed by atoms with Gasteiger partial charge in [-0.3, -0.25) is 4.79 Å². The Morgan fingerprint density at radius 3 is 2.90 bits per heavy atom. The molecule has 1 heterocycles. The van der Waals surface area contributed by atoms with Crippen molar-refractivity contribution in [3.63, 3.8) is 0 Å². The zero-order valence-corrected chi connectivity index (χ0v) is 12.8. The molecule has 4 nitrogen and oxygen atoms in total. The lowest BCUT2D eigenvalue weighted by Gasteiger charge is -2.11. The first kappa shape index (κ1) is 15.4. The molecule has 0 bridgehead atoms. The van der Waals surface area contributed by atoms with E-state index >= 15 is 0 Å². The number of ether oxygens (including phenoxy) is 2. The molecular formula is C15H12ClNO3S. The Morgan fingerprint density at radius 2 is 2.29 bits per heavy atom. The molecule has 0 spiro atoms. The summed E-state index contributed by atoms with van der Waals surface area (Å²) < 4.78 is 10.4. The smallest absolute Gasteiger partial charge is 0.311 e. The van der Waals surface area contributed by atoms with Gasteiger partial charge in [0.05, 0.1) is 30.2 Å². The summed E-state index contributed by atoms with van der Waals surface area (Å²) in [6.45, 7) is 0. The van der Waals surface area contributed by atoms with E-state index in [1.165, 1.54) is 19.2 Å². The molecule has 0 saturated carbocycles. The monoisotopic (exact) mass is 321 g/mol. The van der Waals surface area contributed by atoms with Crippen molar-refractivity contribution in [3.8, 4) is 17.6 Å². The molecule has 1 aromatic heterocycles. The van der Waals surface area contributed by atoms with Gasteiger partial charge in [0.2, 0.25) is 0 Å². The number of rotatable bonds is 5. The Balaban J connectivity index is 2.08. The number of halogens is 1. The molecule has 21 heavy (non-hydrogen) atoms. The number of esters is 1. The quantitative estimate of drug-likeness (QED) is 0.620. The number of methoxy groups -OCH3 is 1. The highest BCUT2D eigenvalue weighted by atomic mass is 35.5. The number of carbonyl (C=O) groups is 1. The SMILES string of the molecule is COc1cc(C#N)cc(Cl)c1OC(=O)CCc1ccsc1. The lowest BCUT2D eigenvalue weighted by Crippen LogP contribution is -2.10. The summed E-state index contributed by atoms with van der Waals surface area (Å²) in [6.07, 6.45) is 0.856. The van der Waals surface area contributed by atoms with Crippen molar-refractivity contribution in [1.82, 2.24) is 0 Å². The topological polar surface area (TPSA) is 59.3 Å². The van der Waals surface area contributed by atoms with Gasteiger partial charge in [-0.25, -0.2) is 0 Å². The van der Waals surface area contributed by atoms with Gasteiger partial charge in [-0.05, 0) is 34.9 Å². The molecule has 0 N–H and O–H groups in total. The van der Waals surface area contributed by atoms with E-state index in [-0.39, 0.29) is 22.9 Å². The van der Waals surface area contributed by atoms with Crippen molar-refractivity contribution < 1.29 is 14.3 Å². The van der Waals surface area contributed by atoms with E-state index in [2.05, 4.69) is 0 Å². The average molecular weight is 322 g/mol. The third-order valence-electron chi connectivity index (χ3n) is 2.77. The van der Waals surface area contributed by atoms with Crippen LogP contribution in [-0.4, -0.2) is 13.1 Å². The lowest BCUT2D eigenvalue weighted by molar-refractivity contribution is -0.134. The van der Waals surface area contributed by atoms with Gasteiger partial charge in [-0.15, -0.1) is 0 Å². The minimum Gasteiger partial charge on any atom is -0.493 e. The van der Waals surface area contributed by atoms with E-state index in [0.717, 1.165) is 5.56 Å². The van der Waals surface area contributed by atoms with E-state index < -0.39 is 5.97 Å². The molecule has 0 aliphatic carbocycles. The maximum absolute atomic E-state index is 11.9. The van der Waals surface area contributed by atoms with E-state index in [4.69, 9.17) is 26.3 Å². The molecule has 2 aromatic rings. The minimum absolute atomic E-state index is 0.147. The lowest BCUT2D eigenvalue weighted by atomic mass is 10.2. The van der Waals surface area contributed by atoms with Crippen LogP contribution in [-0.2, 0) is 11.2 Å². The highest BCUT2D eigenvalue weighted by Crippen LogP contribution is 2.36. The molecule has 0 atom stereocenters. The molecule has 0 aliphatic heterocycles. The number of nitriles is 1. The number of benzene rings is 1. The van der Waals surface area contributed by atoms with Crippen LogP contribution in [0.5, 0.6) is 11.5 Å². The first-order chi connectivity index (χ1) is 10.1. The number of thiophene rings is 1. The molecule has 0 aliphatic rings. The van der Waals surface area contributed by atoms with Gasteiger partial charge in [-0.1, -0.05) is 11.6 Å². The fourth-order valence-corrected chi connectivity index (χ4v) is 2.68. The van der Waals surface area contributed by atoms with E-state index in [0.29, 0.717) is 12.0 Å². The fraction of sp³-hybridized carbons (Fsp3) is 0.200. The molecule has 6 heteroatoms. The molecule has 0 radical (unpaired) electrons. The number of hydrogen-bond donors (Lipinski definition) is 0. The largest absolute Gasteiger partial charge is 0.493 e. The van der Waals surface area contributed by atoms with Crippen LogP contribution in [0.2, 0.25) is 5.02 Å². The van der Waals surface area contributed by atoms with E-state index in [1.807, 2.05) is 22.9 Å². The molecule has 0 saturated heterocycles. The maximum Gasteiger partial charge on any atom is 0.311 e. The van der Waals surface area contributed by atoms with Crippen molar-refractivity contribution >= 4 is 28.9 Å². The van der Waals surface area contributed by atoms with Crippen LogP contribution in [0.4, 0.5) is 0 Å². The second kappa shape index (κ2) is 7.11. The third-order valence-corrected chi connectivity index (χ3v) is 3.79. The van der Waals surface area contributed by atoms with E-state index in [1.54, 1.807) is 11.3 Å². The second-order valence-electron chi connectivity index (χ2n) is 4.21. The van der Waals surface area contributed by atoms with Crippen LogP contribution in [0.1, 0.15) is 17.5 Å². The molecular weight excluding hydrogens is 310 g/mol. The highest BCUT2D eigenvalue weighted by molar-refractivity contribution is 7.07. The third kappa shape index (κ3) is 3.97. The zero-order valence-electron chi connectivity index (χ0n) is 11.3. The van der Waals surface area contributed by atoms with Gasteiger partial charge in [-0.2, -0.15) is 16.6 Å². The summed E-state index contributed by atoms with van der Waals surface area (Å²) in [6, 6.07) is 6.84. The summed E-state index contributed by atoms with van der Waals surface area (Å²) >= 11 is 7.61. The summed E-state index contributed by atoms with van der Waals surface area (Å²) in [5.41, 5.74) is 1.43. The molecule has 1 aromatic carbocycles. The Morgan fingerprint density at radius 1 is 1.48 bits per heavy atom. The van der Waals surface area contributed by atoms with Crippen molar-refractivity contribution in [2.45, 2.75) is 12.8 Å². The predicted molar refractivity (Wildman–Crippen MR) is 81.0 cm³/mol. The first-order valence-corrected chi connectivity index (χ1v) is 7.45. The van der Waals surface area contributed by atoms with Crippen molar-refractivity contribution in [3.05, 3.63) is 45.1 Å². The van der Waals surface area contributed by atoms with E-state index in [9.17, 15) is 4.79 Å². The van der Waals surface area contributed by atoms with Gasteiger partial charge < -0.3 is 9.47 Å². The van der Waals surface area contributed by atoms with Gasteiger partial charge >= 0.3 is 5.97 Å². The summed E-state index contributed by atoms with van der Waals surface area (Å²) in [5, 5.41) is 13.0. The van der Waals surface area contributed by atoms with Crippen LogP contribution in [0.25, 0.3) is 0 Å². The number of carbonyl (C=O) groups excluding carboxylic acids is 1. The predicted octanol–water partition coefficient (Wildman–Crippen LogP) is 3.82.